The van der Waals surface area contributed by atoms with Crippen molar-refractivity contribution < 1.29 is 14.2 Å². The van der Waals surface area contributed by atoms with E-state index in [-0.39, 0.29) is 5.97 Å². The van der Waals surface area contributed by atoms with Crippen LogP contribution in [0.2, 0.25) is 0 Å². The highest BCUT2D eigenvalue weighted by Crippen LogP contribution is 2.38. The average molecular weight is 244 g/mol. The number of ether oxygens (including phenoxy) is 1. The number of hydrogen-bond donors (Lipinski definition) is 0. The number of carbonyl (C=O) groups is 1. The Morgan fingerprint density at radius 2 is 2.17 bits per heavy atom. The molecule has 0 bridgehead atoms. The van der Waals surface area contributed by atoms with Crippen molar-refractivity contribution in [1.29, 1.82) is 0 Å². The molecule has 0 amide bonds. The van der Waals surface area contributed by atoms with Gasteiger partial charge in [-0.25, -0.2) is 4.79 Å². The second-order valence-corrected chi connectivity index (χ2v) is 4.33. The minimum atomic E-state index is -0.282. The molecule has 0 aliphatic heterocycles. The third-order valence-electron chi connectivity index (χ3n) is 3.44. The Balaban J connectivity index is 2.67. The van der Waals surface area contributed by atoms with Crippen molar-refractivity contribution >= 4 is 19.6 Å². The van der Waals surface area contributed by atoms with Crippen molar-refractivity contribution in [2.45, 2.75) is 26.2 Å². The van der Waals surface area contributed by atoms with Crippen molar-refractivity contribution in [1.82, 2.24) is 0 Å². The molecule has 0 unspecified atom stereocenters. The lowest BCUT2D eigenvalue weighted by Gasteiger charge is -2.23. The highest BCUT2D eigenvalue weighted by molar-refractivity contribution is 6.11. The first-order valence-electron chi connectivity index (χ1n) is 6.16. The minimum absolute atomic E-state index is 0.282. The van der Waals surface area contributed by atoms with Gasteiger partial charge in [0.15, 0.2) is 0 Å². The maximum atomic E-state index is 11.9. The molecule has 3 nitrogen and oxygen atoms in total. The molecule has 0 radical (unpaired) electrons. The van der Waals surface area contributed by atoms with Crippen LogP contribution in [0, 0.1) is 0 Å². The molecule has 2 rings (SSSR count). The lowest BCUT2D eigenvalue weighted by molar-refractivity contribution is 0.0749. The second kappa shape index (κ2) is 5.30. The summed E-state index contributed by atoms with van der Waals surface area (Å²) in [7, 11) is 3.08. The van der Waals surface area contributed by atoms with Gasteiger partial charge in [-0.15, -0.1) is 0 Å². The van der Waals surface area contributed by atoms with Gasteiger partial charge in [-0.1, -0.05) is 6.08 Å². The van der Waals surface area contributed by atoms with Gasteiger partial charge in [-0.2, -0.15) is 0 Å². The average Bonchev–Trinajstić information content (AvgIpc) is 2.44. The van der Waals surface area contributed by atoms with Crippen molar-refractivity contribution in [2.75, 3.05) is 7.11 Å². The van der Waals surface area contributed by atoms with Crippen LogP contribution in [0.25, 0.3) is 5.57 Å². The summed E-state index contributed by atoms with van der Waals surface area (Å²) in [5.74, 6) is 0.576. The Kier molecular flexibility index (Phi) is 3.75. The number of fused-ring (bicyclic) bond motifs is 1. The fraction of sp³-hybridized carbons (Fsp3) is 0.357. The van der Waals surface area contributed by atoms with E-state index in [1.54, 1.807) is 13.2 Å². The van der Waals surface area contributed by atoms with Crippen LogP contribution in [0.15, 0.2) is 18.2 Å². The Morgan fingerprint density at radius 1 is 1.39 bits per heavy atom. The van der Waals surface area contributed by atoms with E-state index in [0.717, 1.165) is 36.1 Å². The van der Waals surface area contributed by atoms with Gasteiger partial charge in [0.1, 0.15) is 5.75 Å². The Bertz CT molecular complexity index is 506. The Labute approximate surface area is 108 Å². The number of allylic oxidation sites excluding steroid dienone is 2. The molecule has 4 heteroatoms. The van der Waals surface area contributed by atoms with E-state index < -0.39 is 0 Å². The zero-order chi connectivity index (χ0) is 13.1. The Hall–Kier alpha value is -1.71. The monoisotopic (exact) mass is 244 g/mol. The van der Waals surface area contributed by atoms with Crippen LogP contribution in [-0.2, 0) is 11.1 Å². The predicted octanol–water partition coefficient (Wildman–Crippen LogP) is 2.14. The maximum Gasteiger partial charge on any atom is 0.326 e. The van der Waals surface area contributed by atoms with Crippen LogP contribution in [-0.4, -0.2) is 21.1 Å². The van der Waals surface area contributed by atoms with Gasteiger partial charge in [0.25, 0.3) is 0 Å². The summed E-state index contributed by atoms with van der Waals surface area (Å²) in [4.78, 5) is 11.9. The molecule has 1 aliphatic carbocycles. The van der Waals surface area contributed by atoms with Crippen molar-refractivity contribution in [2.24, 2.45) is 0 Å². The standard InChI is InChI=1S/C14H17BO3/c1-3-9-5-4-6-10-12(17-2)8-7-11(13(9)10)14(16)18-15/h3,7-8H,4-6,15H2,1-2H3/b9-3+. The third-order valence-corrected chi connectivity index (χ3v) is 3.44. The lowest BCUT2D eigenvalue weighted by atomic mass is 9.83. The largest absolute Gasteiger partial charge is 0.540 e. The second-order valence-electron chi connectivity index (χ2n) is 4.33. The summed E-state index contributed by atoms with van der Waals surface area (Å²) in [5.41, 5.74) is 3.98. The number of hydrogen-bond acceptors (Lipinski definition) is 3. The first-order chi connectivity index (χ1) is 8.72. The maximum absolute atomic E-state index is 11.9. The molecule has 94 valence electrons. The molecular weight excluding hydrogens is 227 g/mol. The molecular formula is C14H17BO3. The smallest absolute Gasteiger partial charge is 0.326 e. The topological polar surface area (TPSA) is 35.5 Å². The number of methoxy groups -OCH3 is 1. The van der Waals surface area contributed by atoms with E-state index in [9.17, 15) is 4.79 Å². The van der Waals surface area contributed by atoms with Crippen LogP contribution in [0.5, 0.6) is 5.75 Å². The third kappa shape index (κ3) is 2.03. The molecule has 0 fully saturated rings. The number of rotatable bonds is 2. The summed E-state index contributed by atoms with van der Waals surface area (Å²) >= 11 is 0. The van der Waals surface area contributed by atoms with Gasteiger partial charge in [0, 0.05) is 5.56 Å². The number of carbonyl (C=O) groups excluding carboxylic acids is 1. The van der Waals surface area contributed by atoms with E-state index in [1.807, 2.05) is 13.0 Å². The van der Waals surface area contributed by atoms with Gasteiger partial charge in [0.05, 0.1) is 12.7 Å². The van der Waals surface area contributed by atoms with Crippen molar-refractivity contribution in [3.05, 3.63) is 34.9 Å². The first-order valence-corrected chi connectivity index (χ1v) is 6.16. The summed E-state index contributed by atoms with van der Waals surface area (Å²) in [6.45, 7) is 2.00. The molecule has 1 aromatic rings. The zero-order valence-corrected chi connectivity index (χ0v) is 11.1. The van der Waals surface area contributed by atoms with Crippen molar-refractivity contribution in [3.8, 4) is 5.75 Å². The van der Waals surface area contributed by atoms with Crippen LogP contribution < -0.4 is 4.74 Å². The quantitative estimate of drug-likeness (QED) is 0.747. The molecule has 0 atom stereocenters. The molecule has 1 aromatic carbocycles. The molecule has 0 aromatic heterocycles. The fourth-order valence-electron chi connectivity index (χ4n) is 2.58. The summed E-state index contributed by atoms with van der Waals surface area (Å²) in [6.07, 6.45) is 5.11. The molecule has 0 saturated heterocycles. The summed E-state index contributed by atoms with van der Waals surface area (Å²) in [5, 5.41) is 0. The van der Waals surface area contributed by atoms with Gasteiger partial charge in [-0.3, -0.25) is 0 Å². The van der Waals surface area contributed by atoms with E-state index in [1.165, 1.54) is 13.6 Å². The predicted molar refractivity (Wildman–Crippen MR) is 73.5 cm³/mol. The highest BCUT2D eigenvalue weighted by atomic mass is 16.5. The molecule has 0 saturated carbocycles. The molecule has 0 heterocycles. The van der Waals surface area contributed by atoms with E-state index in [0.29, 0.717) is 5.56 Å². The van der Waals surface area contributed by atoms with Gasteiger partial charge < -0.3 is 9.39 Å². The summed E-state index contributed by atoms with van der Waals surface area (Å²) in [6, 6.07) is 3.64. The van der Waals surface area contributed by atoms with E-state index in [2.05, 4.69) is 6.08 Å². The van der Waals surface area contributed by atoms with Crippen LogP contribution in [0.3, 0.4) is 0 Å². The lowest BCUT2D eigenvalue weighted by Crippen LogP contribution is -2.13. The molecule has 1 aliphatic rings. The van der Waals surface area contributed by atoms with Crippen LogP contribution >= 0.6 is 0 Å². The first kappa shape index (κ1) is 12.7. The Morgan fingerprint density at radius 3 is 2.78 bits per heavy atom. The minimum Gasteiger partial charge on any atom is -0.540 e. The summed E-state index contributed by atoms with van der Waals surface area (Å²) < 4.78 is 10.3. The van der Waals surface area contributed by atoms with Gasteiger partial charge >= 0.3 is 14.0 Å². The fourth-order valence-corrected chi connectivity index (χ4v) is 2.58. The molecule has 0 spiro atoms. The highest BCUT2D eigenvalue weighted by Gasteiger charge is 2.24. The molecule has 18 heavy (non-hydrogen) atoms. The normalized spacial score (nSPS) is 16.2. The van der Waals surface area contributed by atoms with Crippen LogP contribution in [0.4, 0.5) is 0 Å². The van der Waals surface area contributed by atoms with Gasteiger partial charge in [-0.05, 0) is 49.5 Å². The molecule has 0 N–H and O–H groups in total. The van der Waals surface area contributed by atoms with Crippen LogP contribution in [0.1, 0.15) is 41.3 Å². The van der Waals surface area contributed by atoms with E-state index in [4.69, 9.17) is 9.39 Å². The van der Waals surface area contributed by atoms with E-state index >= 15 is 0 Å². The zero-order valence-electron chi connectivity index (χ0n) is 11.1. The SMILES string of the molecule is BOC(=O)c1ccc(OC)c2c1/C(=C/C)CCC2. The van der Waals surface area contributed by atoms with Crippen molar-refractivity contribution in [3.63, 3.8) is 0 Å². The van der Waals surface area contributed by atoms with Gasteiger partial charge in [0.2, 0.25) is 0 Å². The number of benzene rings is 1.